The van der Waals surface area contributed by atoms with Gasteiger partial charge in [-0.2, -0.15) is 0 Å². The van der Waals surface area contributed by atoms with Crippen molar-refractivity contribution in [1.82, 2.24) is 9.55 Å². The molecule has 0 fully saturated rings. The molecule has 0 saturated heterocycles. The van der Waals surface area contributed by atoms with E-state index in [0.29, 0.717) is 10.9 Å². The molecular formula is C24H21FN2OS3. The number of hydrogen-bond acceptors (Lipinski definition) is 5. The number of fused-ring (bicyclic) bond motifs is 3. The highest BCUT2D eigenvalue weighted by Crippen LogP contribution is 2.44. The largest absolute Gasteiger partial charge is 0.268 e. The zero-order valence-electron chi connectivity index (χ0n) is 17.2. The molecule has 0 saturated carbocycles. The summed E-state index contributed by atoms with van der Waals surface area (Å²) in [5, 5.41) is 1.43. The number of hydrogen-bond donors (Lipinski definition) is 0. The molecular weight excluding hydrogens is 447 g/mol. The lowest BCUT2D eigenvalue weighted by atomic mass is 10.00. The number of nitrogens with zero attached hydrogens (tertiary/aromatic N) is 2. The minimum Gasteiger partial charge on any atom is -0.268 e. The van der Waals surface area contributed by atoms with Gasteiger partial charge in [0, 0.05) is 21.1 Å². The van der Waals surface area contributed by atoms with Crippen LogP contribution in [0.15, 0.2) is 64.5 Å². The first kappa shape index (κ1) is 20.8. The second kappa shape index (κ2) is 8.11. The van der Waals surface area contributed by atoms with Crippen LogP contribution in [0.5, 0.6) is 0 Å². The van der Waals surface area contributed by atoms with Gasteiger partial charge in [-0.05, 0) is 41.8 Å². The van der Waals surface area contributed by atoms with E-state index in [1.165, 1.54) is 34.3 Å². The van der Waals surface area contributed by atoms with E-state index in [9.17, 15) is 9.18 Å². The van der Waals surface area contributed by atoms with E-state index in [1.807, 2.05) is 42.1 Å². The molecule has 4 aromatic rings. The average molecular weight is 469 g/mol. The van der Waals surface area contributed by atoms with Crippen molar-refractivity contribution in [2.75, 3.05) is 0 Å². The van der Waals surface area contributed by atoms with E-state index in [4.69, 9.17) is 4.98 Å². The zero-order valence-corrected chi connectivity index (χ0v) is 19.7. The van der Waals surface area contributed by atoms with Crippen LogP contribution in [0, 0.1) is 5.82 Å². The molecule has 0 N–H and O–H groups in total. The summed E-state index contributed by atoms with van der Waals surface area (Å²) in [5.74, 6) is 1.28. The number of halogens is 1. The van der Waals surface area contributed by atoms with Crippen LogP contribution in [0.2, 0.25) is 0 Å². The van der Waals surface area contributed by atoms with E-state index in [0.717, 1.165) is 33.6 Å². The number of benzene rings is 2. The second-order valence-corrected chi connectivity index (χ2v) is 11.9. The molecule has 3 heterocycles. The molecule has 0 atom stereocenters. The third-order valence-corrected chi connectivity index (χ3v) is 9.05. The molecule has 7 heteroatoms. The fourth-order valence-corrected chi connectivity index (χ4v) is 7.15. The number of para-hydroxylation sites is 1. The minimum atomic E-state index is -0.251. The monoisotopic (exact) mass is 468 g/mol. The van der Waals surface area contributed by atoms with Gasteiger partial charge >= 0.3 is 0 Å². The molecule has 0 bridgehead atoms. The number of thiophene rings is 1. The van der Waals surface area contributed by atoms with Gasteiger partial charge in [-0.15, -0.1) is 23.1 Å². The van der Waals surface area contributed by atoms with Crippen molar-refractivity contribution in [3.8, 4) is 5.69 Å². The van der Waals surface area contributed by atoms with Crippen LogP contribution in [0.4, 0.5) is 4.39 Å². The lowest BCUT2D eigenvalue weighted by Gasteiger charge is -2.28. The molecule has 2 aromatic carbocycles. The van der Waals surface area contributed by atoms with Crippen molar-refractivity contribution >= 4 is 45.1 Å². The van der Waals surface area contributed by atoms with Crippen molar-refractivity contribution in [2.45, 2.75) is 41.7 Å². The number of thioether (sulfide) groups is 2. The Morgan fingerprint density at radius 2 is 1.87 bits per heavy atom. The first-order valence-electron chi connectivity index (χ1n) is 10.1. The third kappa shape index (κ3) is 4.06. The SMILES string of the molecule is CC1(C)Cc2c(sc3nc(SCc4ccc(F)cc4)n(-c4ccccc4)c(=O)c23)CS1. The van der Waals surface area contributed by atoms with Gasteiger partial charge in [-0.25, -0.2) is 9.37 Å². The summed E-state index contributed by atoms with van der Waals surface area (Å²) in [6.45, 7) is 4.47. The molecule has 0 aliphatic carbocycles. The Labute approximate surface area is 192 Å². The van der Waals surface area contributed by atoms with Crippen molar-refractivity contribution < 1.29 is 4.39 Å². The van der Waals surface area contributed by atoms with E-state index in [-0.39, 0.29) is 16.1 Å². The molecule has 3 nitrogen and oxygen atoms in total. The normalized spacial score (nSPS) is 15.2. The standard InChI is InChI=1S/C24H21FN2OS3/c1-24(2)12-18-19(14-30-24)31-21-20(18)22(28)27(17-6-4-3-5-7-17)23(26-21)29-13-15-8-10-16(25)11-9-15/h3-11H,12-14H2,1-2H3. The van der Waals surface area contributed by atoms with Gasteiger partial charge in [0.25, 0.3) is 5.56 Å². The van der Waals surface area contributed by atoms with Crippen LogP contribution in [0.1, 0.15) is 29.9 Å². The van der Waals surface area contributed by atoms with Gasteiger partial charge in [-0.3, -0.25) is 9.36 Å². The minimum absolute atomic E-state index is 0.00185. The molecule has 0 amide bonds. The van der Waals surface area contributed by atoms with Crippen molar-refractivity contribution in [3.63, 3.8) is 0 Å². The molecule has 5 rings (SSSR count). The molecule has 0 unspecified atom stereocenters. The summed E-state index contributed by atoms with van der Waals surface area (Å²) in [4.78, 5) is 20.9. The molecule has 1 aliphatic rings. The highest BCUT2D eigenvalue weighted by molar-refractivity contribution is 8.00. The van der Waals surface area contributed by atoms with Gasteiger partial charge < -0.3 is 0 Å². The molecule has 2 aromatic heterocycles. The van der Waals surface area contributed by atoms with Crippen LogP contribution < -0.4 is 5.56 Å². The van der Waals surface area contributed by atoms with E-state index < -0.39 is 0 Å². The smallest absolute Gasteiger partial charge is 0.267 e. The van der Waals surface area contributed by atoms with Crippen molar-refractivity contribution in [1.29, 1.82) is 0 Å². The van der Waals surface area contributed by atoms with E-state index >= 15 is 0 Å². The Hall–Kier alpha value is -2.09. The Bertz CT molecular complexity index is 1310. The van der Waals surface area contributed by atoms with Gasteiger partial charge in [0.15, 0.2) is 5.16 Å². The maximum atomic E-state index is 13.8. The molecule has 1 aliphatic heterocycles. The summed E-state index contributed by atoms with van der Waals surface area (Å²) in [6, 6.07) is 16.2. The summed E-state index contributed by atoms with van der Waals surface area (Å²) in [7, 11) is 0. The van der Waals surface area contributed by atoms with Gasteiger partial charge in [0.1, 0.15) is 10.6 Å². The molecule has 0 radical (unpaired) electrons. The fourth-order valence-electron chi connectivity index (χ4n) is 3.80. The van der Waals surface area contributed by atoms with E-state index in [1.54, 1.807) is 28.0 Å². The maximum Gasteiger partial charge on any atom is 0.267 e. The lowest BCUT2D eigenvalue weighted by molar-refractivity contribution is 0.627. The zero-order chi connectivity index (χ0) is 21.6. The summed E-state index contributed by atoms with van der Waals surface area (Å²) < 4.78 is 15.1. The van der Waals surface area contributed by atoms with Crippen LogP contribution in [0.25, 0.3) is 15.9 Å². The van der Waals surface area contributed by atoms with Crippen LogP contribution in [-0.4, -0.2) is 14.3 Å². The Morgan fingerprint density at radius 1 is 1.13 bits per heavy atom. The highest BCUT2D eigenvalue weighted by Gasteiger charge is 2.31. The Balaban J connectivity index is 1.65. The lowest BCUT2D eigenvalue weighted by Crippen LogP contribution is -2.26. The van der Waals surface area contributed by atoms with Gasteiger partial charge in [-0.1, -0.05) is 55.9 Å². The quantitative estimate of drug-likeness (QED) is 0.255. The van der Waals surface area contributed by atoms with Crippen molar-refractivity contribution in [3.05, 3.63) is 86.8 Å². The third-order valence-electron chi connectivity index (χ3n) is 5.37. The Morgan fingerprint density at radius 3 is 2.61 bits per heavy atom. The van der Waals surface area contributed by atoms with Crippen molar-refractivity contribution in [2.24, 2.45) is 0 Å². The summed E-state index contributed by atoms with van der Waals surface area (Å²) in [5.41, 5.74) is 2.97. The number of aromatic nitrogens is 2. The van der Waals surface area contributed by atoms with Crippen LogP contribution in [-0.2, 0) is 17.9 Å². The summed E-state index contributed by atoms with van der Waals surface area (Å²) >= 11 is 5.09. The van der Waals surface area contributed by atoms with E-state index in [2.05, 4.69) is 13.8 Å². The van der Waals surface area contributed by atoms with Crippen LogP contribution in [0.3, 0.4) is 0 Å². The molecule has 0 spiro atoms. The topological polar surface area (TPSA) is 34.9 Å². The summed E-state index contributed by atoms with van der Waals surface area (Å²) in [6.07, 6.45) is 0.876. The first-order valence-corrected chi connectivity index (χ1v) is 12.8. The maximum absolute atomic E-state index is 13.8. The fraction of sp³-hybridized carbons (Fsp3) is 0.250. The van der Waals surface area contributed by atoms with Gasteiger partial charge in [0.2, 0.25) is 0 Å². The highest BCUT2D eigenvalue weighted by atomic mass is 32.2. The average Bonchev–Trinajstić information content (AvgIpc) is 3.10. The first-order chi connectivity index (χ1) is 14.9. The second-order valence-electron chi connectivity index (χ2n) is 8.19. The van der Waals surface area contributed by atoms with Crippen LogP contribution >= 0.6 is 34.9 Å². The predicted octanol–water partition coefficient (Wildman–Crippen LogP) is 6.45. The van der Waals surface area contributed by atoms with Gasteiger partial charge in [0.05, 0.1) is 11.1 Å². The Kier molecular flexibility index (Phi) is 5.44. The molecule has 31 heavy (non-hydrogen) atoms. The molecule has 158 valence electrons. The number of rotatable bonds is 4. The predicted molar refractivity (Wildman–Crippen MR) is 130 cm³/mol.